The molecule has 0 bridgehead atoms. The van der Waals surface area contributed by atoms with E-state index in [0.29, 0.717) is 6.61 Å². The highest BCUT2D eigenvalue weighted by atomic mass is 16.3. The lowest BCUT2D eigenvalue weighted by Crippen LogP contribution is -2.05. The normalized spacial score (nSPS) is 38.6. The minimum atomic E-state index is 0.310. The van der Waals surface area contributed by atoms with E-state index in [9.17, 15) is 0 Å². The van der Waals surface area contributed by atoms with Crippen LogP contribution in [0.1, 0.15) is 6.92 Å². The summed E-state index contributed by atoms with van der Waals surface area (Å²) < 4.78 is 0. The SMILES string of the molecule is C[C@H]1CN1CCO. The molecule has 2 heteroatoms. The molecule has 1 heterocycles. The molecule has 0 radical (unpaired) electrons. The third-order valence-corrected chi connectivity index (χ3v) is 1.38. The van der Waals surface area contributed by atoms with Gasteiger partial charge in [0.25, 0.3) is 0 Å². The molecule has 0 saturated carbocycles. The zero-order valence-electron chi connectivity index (χ0n) is 4.59. The first-order chi connectivity index (χ1) is 3.34. The van der Waals surface area contributed by atoms with Crippen LogP contribution in [0, 0.1) is 0 Å². The first kappa shape index (κ1) is 5.06. The first-order valence-corrected chi connectivity index (χ1v) is 2.69. The zero-order valence-corrected chi connectivity index (χ0v) is 4.59. The molecule has 0 amide bonds. The maximum atomic E-state index is 8.35. The minimum Gasteiger partial charge on any atom is -0.395 e. The van der Waals surface area contributed by atoms with Crippen molar-refractivity contribution in [1.82, 2.24) is 4.90 Å². The second-order valence-electron chi connectivity index (χ2n) is 2.07. The molecule has 42 valence electrons. The summed E-state index contributed by atoms with van der Waals surface area (Å²) in [6.45, 7) is 4.52. The molecule has 1 saturated heterocycles. The zero-order chi connectivity index (χ0) is 5.28. The molecule has 1 fully saturated rings. The molecule has 0 aliphatic carbocycles. The smallest absolute Gasteiger partial charge is 0.0558 e. The molecule has 0 aromatic carbocycles. The van der Waals surface area contributed by atoms with Crippen LogP contribution in [0.25, 0.3) is 0 Å². The lowest BCUT2D eigenvalue weighted by atomic mass is 10.6. The number of β-amino-alcohol motifs (C(OH)–C–C–N with tert-alkyl or cyclic N) is 1. The molecule has 1 N–H and O–H groups in total. The molecule has 2 atom stereocenters. The average Bonchev–Trinajstić information content (AvgIpc) is 2.22. The molecular weight excluding hydrogens is 90.1 g/mol. The topological polar surface area (TPSA) is 23.2 Å². The van der Waals surface area contributed by atoms with Gasteiger partial charge in [-0.05, 0) is 6.92 Å². The van der Waals surface area contributed by atoms with Gasteiger partial charge in [-0.1, -0.05) is 0 Å². The second kappa shape index (κ2) is 1.80. The number of aliphatic hydroxyl groups excluding tert-OH is 1. The van der Waals surface area contributed by atoms with Gasteiger partial charge in [-0.15, -0.1) is 0 Å². The number of nitrogens with zero attached hydrogens (tertiary/aromatic N) is 1. The molecule has 1 aliphatic rings. The summed E-state index contributed by atoms with van der Waals surface area (Å²) in [6.07, 6.45) is 0. The Hall–Kier alpha value is -0.0800. The van der Waals surface area contributed by atoms with Crippen LogP contribution in [0.5, 0.6) is 0 Å². The van der Waals surface area contributed by atoms with Crippen LogP contribution >= 0.6 is 0 Å². The van der Waals surface area contributed by atoms with Crippen LogP contribution in [0.3, 0.4) is 0 Å². The summed E-state index contributed by atoms with van der Waals surface area (Å²) in [5.74, 6) is 0. The van der Waals surface area contributed by atoms with E-state index in [0.717, 1.165) is 12.6 Å². The van der Waals surface area contributed by atoms with Gasteiger partial charge in [0.1, 0.15) is 0 Å². The van der Waals surface area contributed by atoms with Crippen molar-refractivity contribution < 1.29 is 5.11 Å². The Morgan fingerprint density at radius 2 is 2.43 bits per heavy atom. The molecule has 1 aliphatic heterocycles. The van der Waals surface area contributed by atoms with Crippen LogP contribution in [-0.2, 0) is 0 Å². The van der Waals surface area contributed by atoms with E-state index in [4.69, 9.17) is 5.11 Å². The summed E-state index contributed by atoms with van der Waals surface area (Å²) in [5.41, 5.74) is 0. The van der Waals surface area contributed by atoms with Crippen molar-refractivity contribution in [2.24, 2.45) is 0 Å². The largest absolute Gasteiger partial charge is 0.395 e. The van der Waals surface area contributed by atoms with Crippen molar-refractivity contribution in [3.63, 3.8) is 0 Å². The Bertz CT molecular complexity index is 65.1. The maximum Gasteiger partial charge on any atom is 0.0558 e. The summed E-state index contributed by atoms with van der Waals surface area (Å²) in [4.78, 5) is 2.22. The number of hydrogen-bond acceptors (Lipinski definition) is 2. The number of hydrogen-bond donors (Lipinski definition) is 1. The summed E-state index contributed by atoms with van der Waals surface area (Å²) in [6, 6.07) is 0.743. The van der Waals surface area contributed by atoms with E-state index in [2.05, 4.69) is 11.8 Å². The molecule has 7 heavy (non-hydrogen) atoms. The highest BCUT2D eigenvalue weighted by Crippen LogP contribution is 2.13. The Morgan fingerprint density at radius 1 is 1.86 bits per heavy atom. The van der Waals surface area contributed by atoms with Gasteiger partial charge in [0.2, 0.25) is 0 Å². The predicted octanol–water partition coefficient (Wildman–Crippen LogP) is -0.317. The molecule has 1 unspecified atom stereocenters. The van der Waals surface area contributed by atoms with Gasteiger partial charge in [-0.3, -0.25) is 4.90 Å². The van der Waals surface area contributed by atoms with Crippen LogP contribution in [0.2, 0.25) is 0 Å². The van der Waals surface area contributed by atoms with Crippen LogP contribution in [-0.4, -0.2) is 35.7 Å². The van der Waals surface area contributed by atoms with Gasteiger partial charge < -0.3 is 5.11 Å². The van der Waals surface area contributed by atoms with Gasteiger partial charge >= 0.3 is 0 Å². The van der Waals surface area contributed by atoms with Gasteiger partial charge in [0.05, 0.1) is 6.61 Å². The van der Waals surface area contributed by atoms with Crippen LogP contribution in [0.15, 0.2) is 0 Å². The lowest BCUT2D eigenvalue weighted by molar-refractivity contribution is 0.266. The molecule has 1 rings (SSSR count). The Morgan fingerprint density at radius 3 is 2.57 bits per heavy atom. The van der Waals surface area contributed by atoms with Gasteiger partial charge in [0.15, 0.2) is 0 Å². The monoisotopic (exact) mass is 101 g/mol. The van der Waals surface area contributed by atoms with E-state index >= 15 is 0 Å². The fraction of sp³-hybridized carbons (Fsp3) is 1.00. The van der Waals surface area contributed by atoms with Crippen molar-refractivity contribution in [2.75, 3.05) is 19.7 Å². The molecule has 0 aromatic heterocycles. The fourth-order valence-electron chi connectivity index (χ4n) is 0.732. The highest BCUT2D eigenvalue weighted by Gasteiger charge is 2.27. The van der Waals surface area contributed by atoms with Crippen molar-refractivity contribution in [1.29, 1.82) is 0 Å². The van der Waals surface area contributed by atoms with Crippen molar-refractivity contribution in [3.8, 4) is 0 Å². The standard InChI is InChI=1S/C5H11NO/c1-5-4-6(5)2-3-7/h5,7H,2-4H2,1H3/t5-,6?/m0/s1. The molecule has 0 spiro atoms. The third kappa shape index (κ3) is 1.14. The van der Waals surface area contributed by atoms with E-state index in [1.807, 2.05) is 0 Å². The van der Waals surface area contributed by atoms with E-state index < -0.39 is 0 Å². The number of rotatable bonds is 2. The van der Waals surface area contributed by atoms with Crippen molar-refractivity contribution >= 4 is 0 Å². The van der Waals surface area contributed by atoms with Gasteiger partial charge in [-0.25, -0.2) is 0 Å². The Balaban J connectivity index is 1.98. The minimum absolute atomic E-state index is 0.310. The van der Waals surface area contributed by atoms with Gasteiger partial charge in [0, 0.05) is 19.1 Å². The lowest BCUT2D eigenvalue weighted by Gasteiger charge is -1.92. The third-order valence-electron chi connectivity index (χ3n) is 1.38. The highest BCUT2D eigenvalue weighted by molar-refractivity contribution is 4.83. The summed E-state index contributed by atoms with van der Waals surface area (Å²) in [7, 11) is 0. The predicted molar refractivity (Wildman–Crippen MR) is 28.1 cm³/mol. The fourth-order valence-corrected chi connectivity index (χ4v) is 0.732. The van der Waals surface area contributed by atoms with E-state index in [1.165, 1.54) is 6.54 Å². The van der Waals surface area contributed by atoms with Crippen molar-refractivity contribution in [2.45, 2.75) is 13.0 Å². The molecule has 2 nitrogen and oxygen atoms in total. The Labute approximate surface area is 43.7 Å². The Kier molecular flexibility index (Phi) is 1.30. The summed E-state index contributed by atoms with van der Waals surface area (Å²) in [5, 5.41) is 8.35. The maximum absolute atomic E-state index is 8.35. The average molecular weight is 101 g/mol. The van der Waals surface area contributed by atoms with E-state index in [1.54, 1.807) is 0 Å². The molecular formula is C5H11NO. The second-order valence-corrected chi connectivity index (χ2v) is 2.07. The number of aliphatic hydroxyl groups is 1. The first-order valence-electron chi connectivity index (χ1n) is 2.69. The van der Waals surface area contributed by atoms with Crippen LogP contribution in [0.4, 0.5) is 0 Å². The quantitative estimate of drug-likeness (QED) is 0.482. The van der Waals surface area contributed by atoms with E-state index in [-0.39, 0.29) is 0 Å². The van der Waals surface area contributed by atoms with Crippen LogP contribution < -0.4 is 0 Å². The molecule has 0 aromatic rings. The van der Waals surface area contributed by atoms with Gasteiger partial charge in [-0.2, -0.15) is 0 Å². The summed E-state index contributed by atoms with van der Waals surface area (Å²) >= 11 is 0. The van der Waals surface area contributed by atoms with Crippen molar-refractivity contribution in [3.05, 3.63) is 0 Å².